The molecule has 0 saturated carbocycles. The van der Waals surface area contributed by atoms with Gasteiger partial charge in [0.2, 0.25) is 5.75 Å². The van der Waals surface area contributed by atoms with Gasteiger partial charge in [-0.2, -0.15) is 0 Å². The maximum absolute atomic E-state index is 11.5. The number of rotatable bonds is 5. The van der Waals surface area contributed by atoms with E-state index in [1.165, 1.54) is 13.4 Å². The molecule has 0 aliphatic rings. The van der Waals surface area contributed by atoms with Gasteiger partial charge in [0.25, 0.3) is 11.4 Å². The molecule has 0 aliphatic heterocycles. The first-order chi connectivity index (χ1) is 9.60. The smallest absolute Gasteiger partial charge is 0.307 e. The van der Waals surface area contributed by atoms with Gasteiger partial charge in [0, 0.05) is 0 Å². The standard InChI is InChI=1S/C13H12N2O5/c1-19-11-12(18)14-7-15-13(11)20-9-4-2-3-8(5-9)6-10(16)17/h2-5,7H,6H2,1H3,(H,16,17)(H,14,15,18). The van der Waals surface area contributed by atoms with Crippen LogP contribution >= 0.6 is 0 Å². The van der Waals surface area contributed by atoms with Crippen LogP contribution in [-0.2, 0) is 11.2 Å². The van der Waals surface area contributed by atoms with Gasteiger partial charge < -0.3 is 19.6 Å². The number of nitrogens with zero attached hydrogens (tertiary/aromatic N) is 1. The summed E-state index contributed by atoms with van der Waals surface area (Å²) in [6.07, 6.45) is 1.08. The fraction of sp³-hybridized carbons (Fsp3) is 0.154. The second-order valence-electron chi connectivity index (χ2n) is 3.89. The molecule has 0 aliphatic carbocycles. The van der Waals surface area contributed by atoms with Crippen LogP contribution in [0.25, 0.3) is 0 Å². The molecule has 0 amide bonds. The third-order valence-electron chi connectivity index (χ3n) is 2.45. The maximum Gasteiger partial charge on any atom is 0.307 e. The lowest BCUT2D eigenvalue weighted by molar-refractivity contribution is -0.136. The van der Waals surface area contributed by atoms with Crippen molar-refractivity contribution in [2.45, 2.75) is 6.42 Å². The van der Waals surface area contributed by atoms with E-state index in [0.717, 1.165) is 0 Å². The van der Waals surface area contributed by atoms with Crippen LogP contribution < -0.4 is 15.0 Å². The minimum absolute atomic E-state index is 0.0173. The number of hydrogen-bond acceptors (Lipinski definition) is 5. The van der Waals surface area contributed by atoms with Crippen molar-refractivity contribution in [3.8, 4) is 17.4 Å². The lowest BCUT2D eigenvalue weighted by Gasteiger charge is -2.08. The molecule has 0 atom stereocenters. The molecule has 1 heterocycles. The van der Waals surface area contributed by atoms with E-state index in [-0.39, 0.29) is 18.1 Å². The van der Waals surface area contributed by atoms with Crippen molar-refractivity contribution in [2.24, 2.45) is 0 Å². The van der Waals surface area contributed by atoms with Gasteiger partial charge in [0.1, 0.15) is 5.75 Å². The molecule has 7 nitrogen and oxygen atoms in total. The second kappa shape index (κ2) is 5.87. The Kier molecular flexibility index (Phi) is 3.99. The SMILES string of the molecule is COc1c(Oc2cccc(CC(=O)O)c2)nc[nH]c1=O. The van der Waals surface area contributed by atoms with E-state index in [0.29, 0.717) is 11.3 Å². The van der Waals surface area contributed by atoms with E-state index in [9.17, 15) is 9.59 Å². The third kappa shape index (κ3) is 3.14. The number of benzene rings is 1. The lowest BCUT2D eigenvalue weighted by atomic mass is 10.1. The monoisotopic (exact) mass is 276 g/mol. The predicted octanol–water partition coefficient (Wildman–Crippen LogP) is 1.20. The van der Waals surface area contributed by atoms with Crippen molar-refractivity contribution in [3.63, 3.8) is 0 Å². The summed E-state index contributed by atoms with van der Waals surface area (Å²) in [6.45, 7) is 0. The number of carboxylic acids is 1. The number of carbonyl (C=O) groups is 1. The molecular weight excluding hydrogens is 264 g/mol. The molecule has 1 aromatic heterocycles. The fourth-order valence-corrected chi connectivity index (χ4v) is 1.63. The predicted molar refractivity (Wildman–Crippen MR) is 69.3 cm³/mol. The molecular formula is C13H12N2O5. The molecule has 2 aromatic rings. The van der Waals surface area contributed by atoms with Gasteiger partial charge in [-0.25, -0.2) is 4.98 Å². The highest BCUT2D eigenvalue weighted by atomic mass is 16.5. The zero-order valence-corrected chi connectivity index (χ0v) is 10.6. The highest BCUT2D eigenvalue weighted by molar-refractivity contribution is 5.70. The van der Waals surface area contributed by atoms with E-state index in [1.807, 2.05) is 0 Å². The summed E-state index contributed by atoms with van der Waals surface area (Å²) in [4.78, 5) is 28.4. The summed E-state index contributed by atoms with van der Waals surface area (Å²) in [7, 11) is 1.33. The minimum Gasteiger partial charge on any atom is -0.487 e. The molecule has 104 valence electrons. The highest BCUT2D eigenvalue weighted by Crippen LogP contribution is 2.25. The molecule has 0 fully saturated rings. The van der Waals surface area contributed by atoms with Crippen LogP contribution in [0.4, 0.5) is 0 Å². The summed E-state index contributed by atoms with van der Waals surface area (Å²) in [5.74, 6) is -0.589. The number of H-pyrrole nitrogens is 1. The molecule has 2 rings (SSSR count). The summed E-state index contributed by atoms with van der Waals surface area (Å²) in [5, 5.41) is 8.75. The number of hydrogen-bond donors (Lipinski definition) is 2. The summed E-state index contributed by atoms with van der Waals surface area (Å²) < 4.78 is 10.4. The Morgan fingerprint density at radius 2 is 2.25 bits per heavy atom. The largest absolute Gasteiger partial charge is 0.487 e. The Bertz CT molecular complexity index is 680. The molecule has 0 bridgehead atoms. The number of methoxy groups -OCH3 is 1. The summed E-state index contributed by atoms with van der Waals surface area (Å²) >= 11 is 0. The number of ether oxygens (including phenoxy) is 2. The highest BCUT2D eigenvalue weighted by Gasteiger charge is 2.11. The number of aromatic nitrogens is 2. The van der Waals surface area contributed by atoms with Crippen LogP contribution in [0.5, 0.6) is 17.4 Å². The molecule has 0 radical (unpaired) electrons. The van der Waals surface area contributed by atoms with E-state index in [1.54, 1.807) is 24.3 Å². The first kappa shape index (κ1) is 13.6. The van der Waals surface area contributed by atoms with Crippen molar-refractivity contribution in [2.75, 3.05) is 7.11 Å². The van der Waals surface area contributed by atoms with E-state index in [4.69, 9.17) is 14.6 Å². The first-order valence-electron chi connectivity index (χ1n) is 5.70. The van der Waals surface area contributed by atoms with Gasteiger partial charge in [0.05, 0.1) is 19.9 Å². The van der Waals surface area contributed by atoms with Gasteiger partial charge in [-0.3, -0.25) is 9.59 Å². The Morgan fingerprint density at radius 3 is 2.95 bits per heavy atom. The van der Waals surface area contributed by atoms with Crippen LogP contribution in [-0.4, -0.2) is 28.2 Å². The third-order valence-corrected chi connectivity index (χ3v) is 2.45. The van der Waals surface area contributed by atoms with Gasteiger partial charge in [-0.05, 0) is 17.7 Å². The zero-order chi connectivity index (χ0) is 14.5. The Morgan fingerprint density at radius 1 is 1.45 bits per heavy atom. The molecule has 1 aromatic carbocycles. The number of nitrogens with one attached hydrogen (secondary N) is 1. The molecule has 2 N–H and O–H groups in total. The molecule has 0 saturated heterocycles. The molecule has 7 heteroatoms. The average molecular weight is 276 g/mol. The summed E-state index contributed by atoms with van der Waals surface area (Å²) in [5.41, 5.74) is 0.123. The van der Waals surface area contributed by atoms with Crippen LogP contribution in [0.1, 0.15) is 5.56 Å². The van der Waals surface area contributed by atoms with E-state index < -0.39 is 11.5 Å². The number of aliphatic carboxylic acids is 1. The average Bonchev–Trinajstić information content (AvgIpc) is 2.38. The summed E-state index contributed by atoms with van der Waals surface area (Å²) in [6, 6.07) is 6.53. The lowest BCUT2D eigenvalue weighted by Crippen LogP contribution is -2.11. The number of aromatic amines is 1. The Balaban J connectivity index is 2.28. The van der Waals surface area contributed by atoms with Crippen molar-refractivity contribution < 1.29 is 19.4 Å². The molecule has 0 spiro atoms. The number of carboxylic acid groups (broad SMARTS) is 1. The van der Waals surface area contributed by atoms with Crippen molar-refractivity contribution in [1.82, 2.24) is 9.97 Å². The Hall–Kier alpha value is -2.83. The topological polar surface area (TPSA) is 102 Å². The van der Waals surface area contributed by atoms with E-state index in [2.05, 4.69) is 9.97 Å². The molecule has 0 unspecified atom stereocenters. The van der Waals surface area contributed by atoms with Gasteiger partial charge in [0.15, 0.2) is 0 Å². The minimum atomic E-state index is -0.936. The van der Waals surface area contributed by atoms with E-state index >= 15 is 0 Å². The quantitative estimate of drug-likeness (QED) is 0.850. The fourth-order valence-electron chi connectivity index (χ4n) is 1.63. The van der Waals surface area contributed by atoms with Crippen molar-refractivity contribution >= 4 is 5.97 Å². The first-order valence-corrected chi connectivity index (χ1v) is 5.70. The van der Waals surface area contributed by atoms with Crippen molar-refractivity contribution in [1.29, 1.82) is 0 Å². The zero-order valence-electron chi connectivity index (χ0n) is 10.6. The normalized spacial score (nSPS) is 10.1. The molecule has 20 heavy (non-hydrogen) atoms. The van der Waals surface area contributed by atoms with Crippen LogP contribution in [0.15, 0.2) is 35.4 Å². The second-order valence-corrected chi connectivity index (χ2v) is 3.89. The van der Waals surface area contributed by atoms with Gasteiger partial charge in [-0.1, -0.05) is 12.1 Å². The Labute approximate surface area is 113 Å². The van der Waals surface area contributed by atoms with Crippen molar-refractivity contribution in [3.05, 3.63) is 46.5 Å². The van der Waals surface area contributed by atoms with Gasteiger partial charge >= 0.3 is 5.97 Å². The van der Waals surface area contributed by atoms with Crippen LogP contribution in [0.2, 0.25) is 0 Å². The maximum atomic E-state index is 11.5. The van der Waals surface area contributed by atoms with Crippen LogP contribution in [0, 0.1) is 0 Å². The van der Waals surface area contributed by atoms with Crippen LogP contribution in [0.3, 0.4) is 0 Å². The van der Waals surface area contributed by atoms with Gasteiger partial charge in [-0.15, -0.1) is 0 Å².